The predicted octanol–water partition coefficient (Wildman–Crippen LogP) is 3.02. The summed E-state index contributed by atoms with van der Waals surface area (Å²) in [6.45, 7) is 6.16. The molecule has 2 fully saturated rings. The average molecular weight is 451 g/mol. The van der Waals surface area contributed by atoms with Crippen LogP contribution in [0.25, 0.3) is 0 Å². The Balaban J connectivity index is 1.49. The lowest BCUT2D eigenvalue weighted by Gasteiger charge is -2.32. The van der Waals surface area contributed by atoms with Crippen molar-refractivity contribution >= 4 is 21.9 Å². The summed E-state index contributed by atoms with van der Waals surface area (Å²) in [7, 11) is -3.57. The van der Waals surface area contributed by atoms with Crippen molar-refractivity contribution in [2.45, 2.75) is 76.3 Å². The molecule has 0 bridgehead atoms. The maximum Gasteiger partial charge on any atom is 0.309 e. The van der Waals surface area contributed by atoms with Crippen molar-refractivity contribution in [3.63, 3.8) is 0 Å². The molecule has 1 aromatic carbocycles. The predicted molar refractivity (Wildman–Crippen MR) is 118 cm³/mol. The quantitative estimate of drug-likeness (QED) is 0.673. The van der Waals surface area contributed by atoms with Gasteiger partial charge in [-0.1, -0.05) is 37.5 Å². The number of rotatable bonds is 6. The van der Waals surface area contributed by atoms with Gasteiger partial charge in [-0.2, -0.15) is 4.31 Å². The van der Waals surface area contributed by atoms with Crippen molar-refractivity contribution in [1.82, 2.24) is 9.62 Å². The molecule has 3 rings (SSSR count). The number of nitrogens with zero attached hydrogens (tertiary/aromatic N) is 1. The number of aryl methyl sites for hydroxylation is 1. The van der Waals surface area contributed by atoms with E-state index in [0.29, 0.717) is 18.8 Å². The van der Waals surface area contributed by atoms with Crippen LogP contribution in [0.5, 0.6) is 0 Å². The molecule has 0 aromatic heterocycles. The maximum atomic E-state index is 12.8. The standard InChI is InChI=1S/C23H34N2O5S/c1-16-8-10-20(11-9-16)31(28,29)25-14-12-19(13-15-25)23(27)30-18(3)22(26)24-21-7-5-4-6-17(21)2/h8-11,17-19,21H,4-7,12-15H2,1-3H3,(H,24,26)/t17-,18-,21+/m0/s1. The lowest BCUT2D eigenvalue weighted by atomic mass is 9.86. The highest BCUT2D eigenvalue weighted by Crippen LogP contribution is 2.26. The zero-order valence-corrected chi connectivity index (χ0v) is 19.5. The highest BCUT2D eigenvalue weighted by Gasteiger charge is 2.34. The minimum Gasteiger partial charge on any atom is -0.452 e. The first-order chi connectivity index (χ1) is 14.7. The van der Waals surface area contributed by atoms with Gasteiger partial charge in [0, 0.05) is 19.1 Å². The Hall–Kier alpha value is -1.93. The normalized spacial score (nSPS) is 24.4. The fraction of sp³-hybridized carbons (Fsp3) is 0.652. The van der Waals surface area contributed by atoms with Crippen molar-refractivity contribution in [2.24, 2.45) is 11.8 Å². The second kappa shape index (κ2) is 10.1. The molecule has 31 heavy (non-hydrogen) atoms. The minimum absolute atomic E-state index is 0.137. The highest BCUT2D eigenvalue weighted by atomic mass is 32.2. The average Bonchev–Trinajstić information content (AvgIpc) is 2.75. The molecule has 7 nitrogen and oxygen atoms in total. The lowest BCUT2D eigenvalue weighted by molar-refractivity contribution is -0.160. The third-order valence-corrected chi connectivity index (χ3v) is 8.46. The van der Waals surface area contributed by atoms with Crippen molar-refractivity contribution in [3.8, 4) is 0 Å². The fourth-order valence-electron chi connectivity index (χ4n) is 4.35. The molecule has 1 saturated carbocycles. The molecular weight excluding hydrogens is 416 g/mol. The van der Waals surface area contributed by atoms with Crippen molar-refractivity contribution in [1.29, 1.82) is 0 Å². The first-order valence-electron chi connectivity index (χ1n) is 11.3. The van der Waals surface area contributed by atoms with E-state index in [1.807, 2.05) is 6.92 Å². The molecule has 1 heterocycles. The molecule has 2 aliphatic rings. The van der Waals surface area contributed by atoms with Crippen molar-refractivity contribution in [3.05, 3.63) is 29.8 Å². The van der Waals surface area contributed by atoms with E-state index in [1.165, 1.54) is 10.7 Å². The van der Waals surface area contributed by atoms with Gasteiger partial charge in [0.05, 0.1) is 10.8 Å². The summed E-state index contributed by atoms with van der Waals surface area (Å²) in [5.41, 5.74) is 0.997. The summed E-state index contributed by atoms with van der Waals surface area (Å²) in [6, 6.07) is 6.91. The van der Waals surface area contributed by atoms with Crippen LogP contribution in [0.3, 0.4) is 0 Å². The third-order valence-electron chi connectivity index (χ3n) is 6.55. The number of benzene rings is 1. The fourth-order valence-corrected chi connectivity index (χ4v) is 5.82. The van der Waals surface area contributed by atoms with Crippen LogP contribution in [0.15, 0.2) is 29.2 Å². The second-order valence-electron chi connectivity index (χ2n) is 8.95. The van der Waals surface area contributed by atoms with E-state index in [1.54, 1.807) is 31.2 Å². The number of ether oxygens (including phenoxy) is 1. The molecule has 1 N–H and O–H groups in total. The number of amides is 1. The largest absolute Gasteiger partial charge is 0.452 e. The van der Waals surface area contributed by atoms with Crippen molar-refractivity contribution in [2.75, 3.05) is 13.1 Å². The summed E-state index contributed by atoms with van der Waals surface area (Å²) in [4.78, 5) is 25.3. The summed E-state index contributed by atoms with van der Waals surface area (Å²) in [5, 5.41) is 3.02. The molecule has 1 aromatic rings. The topological polar surface area (TPSA) is 92.8 Å². The Morgan fingerprint density at radius 3 is 2.29 bits per heavy atom. The Kier molecular flexibility index (Phi) is 7.75. The Bertz CT molecular complexity index is 876. The van der Waals surface area contributed by atoms with Crippen molar-refractivity contribution < 1.29 is 22.7 Å². The Morgan fingerprint density at radius 1 is 1.06 bits per heavy atom. The van der Waals surface area contributed by atoms with E-state index < -0.39 is 28.0 Å². The molecule has 0 radical (unpaired) electrons. The molecule has 1 saturated heterocycles. The summed E-state index contributed by atoms with van der Waals surface area (Å²) in [6.07, 6.45) is 4.28. The number of carbonyl (C=O) groups is 2. The second-order valence-corrected chi connectivity index (χ2v) is 10.9. The van der Waals surface area contributed by atoms with E-state index in [9.17, 15) is 18.0 Å². The van der Waals surface area contributed by atoms with E-state index in [0.717, 1.165) is 24.8 Å². The minimum atomic E-state index is -3.57. The summed E-state index contributed by atoms with van der Waals surface area (Å²) in [5.74, 6) is -0.646. The lowest BCUT2D eigenvalue weighted by Crippen LogP contribution is -2.47. The maximum absolute atomic E-state index is 12.8. The van der Waals surface area contributed by atoms with Gasteiger partial charge in [0.25, 0.3) is 5.91 Å². The monoisotopic (exact) mass is 450 g/mol. The molecule has 172 valence electrons. The van der Waals surface area contributed by atoms with Crippen LogP contribution in [0.2, 0.25) is 0 Å². The number of hydrogen-bond donors (Lipinski definition) is 1. The van der Waals surface area contributed by atoms with Crippen LogP contribution in [-0.4, -0.2) is 49.8 Å². The molecule has 1 aliphatic carbocycles. The first-order valence-corrected chi connectivity index (χ1v) is 12.7. The van der Waals surface area contributed by atoms with E-state index in [4.69, 9.17) is 4.74 Å². The van der Waals surface area contributed by atoms with Crippen LogP contribution in [0, 0.1) is 18.8 Å². The van der Waals surface area contributed by atoms with Gasteiger partial charge >= 0.3 is 5.97 Å². The zero-order chi connectivity index (χ0) is 22.6. The van der Waals surface area contributed by atoms with E-state index in [2.05, 4.69) is 12.2 Å². The number of esters is 1. The zero-order valence-electron chi connectivity index (χ0n) is 18.7. The molecular formula is C23H34N2O5S. The number of piperidine rings is 1. The van der Waals surface area contributed by atoms with Gasteiger partial charge in [0.1, 0.15) is 0 Å². The van der Waals surface area contributed by atoms with Gasteiger partial charge in [-0.15, -0.1) is 0 Å². The Labute approximate surface area is 185 Å². The molecule has 0 spiro atoms. The third kappa shape index (κ3) is 5.86. The Morgan fingerprint density at radius 2 is 1.68 bits per heavy atom. The van der Waals surface area contributed by atoms with Gasteiger partial charge in [-0.25, -0.2) is 8.42 Å². The van der Waals surface area contributed by atoms with Crippen LogP contribution >= 0.6 is 0 Å². The molecule has 8 heteroatoms. The number of hydrogen-bond acceptors (Lipinski definition) is 5. The molecule has 0 unspecified atom stereocenters. The van der Waals surface area contributed by atoms with Gasteiger partial charge < -0.3 is 10.1 Å². The first kappa shape index (κ1) is 23.7. The van der Waals surface area contributed by atoms with E-state index in [-0.39, 0.29) is 29.9 Å². The number of sulfonamides is 1. The van der Waals surface area contributed by atoms with Gasteiger partial charge in [-0.05, 0) is 57.6 Å². The number of nitrogens with one attached hydrogen (secondary N) is 1. The molecule has 3 atom stereocenters. The van der Waals surface area contributed by atoms with Crippen LogP contribution in [0.1, 0.15) is 57.9 Å². The molecule has 1 aliphatic heterocycles. The summed E-state index contributed by atoms with van der Waals surface area (Å²) >= 11 is 0. The molecule has 1 amide bonds. The smallest absolute Gasteiger partial charge is 0.309 e. The van der Waals surface area contributed by atoms with Gasteiger partial charge in [0.15, 0.2) is 6.10 Å². The van der Waals surface area contributed by atoms with E-state index >= 15 is 0 Å². The van der Waals surface area contributed by atoms with Crippen LogP contribution in [0.4, 0.5) is 0 Å². The highest BCUT2D eigenvalue weighted by molar-refractivity contribution is 7.89. The SMILES string of the molecule is Cc1ccc(S(=O)(=O)N2CCC(C(=O)O[C@@H](C)C(=O)N[C@@H]3CCCC[C@@H]3C)CC2)cc1. The number of carbonyl (C=O) groups excluding carboxylic acids is 2. The van der Waals surface area contributed by atoms with Gasteiger partial charge in [-0.3, -0.25) is 9.59 Å². The van der Waals surface area contributed by atoms with Crippen LogP contribution in [-0.2, 0) is 24.3 Å². The van der Waals surface area contributed by atoms with Gasteiger partial charge in [0.2, 0.25) is 10.0 Å². The summed E-state index contributed by atoms with van der Waals surface area (Å²) < 4.78 is 32.5. The van der Waals surface area contributed by atoms with Crippen LogP contribution < -0.4 is 5.32 Å².